The molecule has 0 saturated heterocycles. The summed E-state index contributed by atoms with van der Waals surface area (Å²) < 4.78 is 0. The lowest BCUT2D eigenvalue weighted by atomic mass is 10.0. The lowest BCUT2D eigenvalue weighted by Crippen LogP contribution is -2.13. The number of aromatic nitrogens is 1. The second kappa shape index (κ2) is 7.75. The average molecular weight is 397 g/mol. The van der Waals surface area contributed by atoms with E-state index in [1.807, 2.05) is 55.5 Å². The number of carbonyl (C=O) groups excluding carboxylic acids is 1. The number of hydrogen-bond donors (Lipinski definition) is 1. The number of hydrogen-bond acceptors (Lipinski definition) is 4. The Balaban J connectivity index is 1.80. The van der Waals surface area contributed by atoms with Crippen LogP contribution in [0.1, 0.15) is 21.5 Å². The van der Waals surface area contributed by atoms with Crippen molar-refractivity contribution in [1.29, 1.82) is 0 Å². The fraction of sp³-hybridized carbons (Fsp3) is 0.0833. The van der Waals surface area contributed by atoms with Crippen LogP contribution in [0.2, 0.25) is 0 Å². The van der Waals surface area contributed by atoms with E-state index in [2.05, 4.69) is 5.32 Å². The van der Waals surface area contributed by atoms with Crippen molar-refractivity contribution in [2.75, 3.05) is 5.32 Å². The van der Waals surface area contributed by atoms with Crippen LogP contribution in [-0.2, 0) is 0 Å². The van der Waals surface area contributed by atoms with Crippen LogP contribution < -0.4 is 5.32 Å². The fourth-order valence-electron chi connectivity index (χ4n) is 3.44. The van der Waals surface area contributed by atoms with Crippen molar-refractivity contribution in [2.24, 2.45) is 0 Å². The van der Waals surface area contributed by atoms with Crippen LogP contribution >= 0.6 is 0 Å². The normalized spacial score (nSPS) is 10.7. The predicted molar refractivity (Wildman–Crippen MR) is 118 cm³/mol. The number of nitrogens with one attached hydrogen (secondary N) is 1. The molecule has 6 nitrogen and oxygen atoms in total. The molecule has 1 aromatic heterocycles. The molecule has 148 valence electrons. The Kier molecular flexibility index (Phi) is 4.98. The Morgan fingerprint density at radius 3 is 2.43 bits per heavy atom. The summed E-state index contributed by atoms with van der Waals surface area (Å²) in [5.74, 6) is -0.346. The van der Waals surface area contributed by atoms with Gasteiger partial charge >= 0.3 is 0 Å². The van der Waals surface area contributed by atoms with Crippen LogP contribution in [0, 0.1) is 24.0 Å². The summed E-state index contributed by atoms with van der Waals surface area (Å²) >= 11 is 0. The summed E-state index contributed by atoms with van der Waals surface area (Å²) in [5.41, 5.74) is 4.74. The van der Waals surface area contributed by atoms with Crippen molar-refractivity contribution in [3.05, 3.63) is 99.6 Å². The number of amides is 1. The molecule has 0 aliphatic rings. The van der Waals surface area contributed by atoms with Crippen LogP contribution in [0.3, 0.4) is 0 Å². The van der Waals surface area contributed by atoms with E-state index >= 15 is 0 Å². The highest BCUT2D eigenvalue weighted by Crippen LogP contribution is 2.28. The Morgan fingerprint density at radius 1 is 0.933 bits per heavy atom. The molecule has 1 N–H and O–H groups in total. The van der Waals surface area contributed by atoms with Gasteiger partial charge in [0.25, 0.3) is 11.6 Å². The van der Waals surface area contributed by atoms with Gasteiger partial charge in [0.15, 0.2) is 0 Å². The molecular weight excluding hydrogens is 378 g/mol. The van der Waals surface area contributed by atoms with Crippen molar-refractivity contribution >= 4 is 28.2 Å². The summed E-state index contributed by atoms with van der Waals surface area (Å²) in [6.07, 6.45) is 0. The minimum absolute atomic E-state index is 0.0343. The Bertz CT molecular complexity index is 1300. The molecule has 0 aliphatic carbocycles. The van der Waals surface area contributed by atoms with Crippen molar-refractivity contribution in [3.63, 3.8) is 0 Å². The largest absolute Gasteiger partial charge is 0.322 e. The van der Waals surface area contributed by atoms with Crippen molar-refractivity contribution in [1.82, 2.24) is 4.98 Å². The Morgan fingerprint density at radius 2 is 1.67 bits per heavy atom. The second-order valence-corrected chi connectivity index (χ2v) is 7.10. The molecule has 4 rings (SSSR count). The van der Waals surface area contributed by atoms with E-state index in [-0.39, 0.29) is 11.6 Å². The molecule has 1 heterocycles. The quantitative estimate of drug-likeness (QED) is 0.355. The van der Waals surface area contributed by atoms with Gasteiger partial charge in [-0.3, -0.25) is 14.9 Å². The number of rotatable bonds is 4. The first-order chi connectivity index (χ1) is 14.4. The highest BCUT2D eigenvalue weighted by atomic mass is 16.6. The molecular formula is C24H19N3O3. The zero-order chi connectivity index (χ0) is 21.3. The van der Waals surface area contributed by atoms with E-state index in [9.17, 15) is 14.9 Å². The number of pyridine rings is 1. The zero-order valence-corrected chi connectivity index (χ0v) is 16.5. The summed E-state index contributed by atoms with van der Waals surface area (Å²) in [4.78, 5) is 28.7. The van der Waals surface area contributed by atoms with E-state index in [1.165, 1.54) is 6.07 Å². The molecule has 6 heteroatoms. The highest BCUT2D eigenvalue weighted by Gasteiger charge is 2.17. The van der Waals surface area contributed by atoms with E-state index < -0.39 is 4.92 Å². The minimum Gasteiger partial charge on any atom is -0.322 e. The molecule has 0 fully saturated rings. The van der Waals surface area contributed by atoms with Crippen LogP contribution in [0.25, 0.3) is 22.2 Å². The van der Waals surface area contributed by atoms with Gasteiger partial charge in [-0.15, -0.1) is 0 Å². The molecule has 0 aliphatic heterocycles. The highest BCUT2D eigenvalue weighted by molar-refractivity contribution is 6.13. The first kappa shape index (κ1) is 19.3. The lowest BCUT2D eigenvalue weighted by Gasteiger charge is -2.12. The van der Waals surface area contributed by atoms with Gasteiger partial charge in [-0.25, -0.2) is 4.98 Å². The minimum atomic E-state index is -0.455. The van der Waals surface area contributed by atoms with E-state index in [4.69, 9.17) is 4.98 Å². The van der Waals surface area contributed by atoms with Gasteiger partial charge in [0.2, 0.25) is 0 Å². The van der Waals surface area contributed by atoms with Crippen LogP contribution in [0.4, 0.5) is 11.4 Å². The molecule has 4 aromatic rings. The summed E-state index contributed by atoms with van der Waals surface area (Å²) in [6, 6.07) is 21.7. The Hall–Kier alpha value is -4.06. The molecule has 30 heavy (non-hydrogen) atoms. The predicted octanol–water partition coefficient (Wildman–Crippen LogP) is 5.68. The molecule has 3 aromatic carbocycles. The first-order valence-electron chi connectivity index (χ1n) is 9.46. The number of nitro groups is 1. The number of anilines is 1. The maximum absolute atomic E-state index is 13.2. The third kappa shape index (κ3) is 3.63. The molecule has 0 atom stereocenters. The number of nitrogens with zero attached hydrogens (tertiary/aromatic N) is 2. The second-order valence-electron chi connectivity index (χ2n) is 7.10. The average Bonchev–Trinajstić information content (AvgIpc) is 2.74. The summed E-state index contributed by atoms with van der Waals surface area (Å²) in [7, 11) is 0. The van der Waals surface area contributed by atoms with Gasteiger partial charge in [0, 0.05) is 28.3 Å². The SMILES string of the molecule is Cc1ccccc1-c1cc(C(=O)Nc2ccc(C)c([N+](=O)[O-])c2)c2ccccc2n1. The fourth-order valence-corrected chi connectivity index (χ4v) is 3.44. The third-order valence-electron chi connectivity index (χ3n) is 5.05. The molecule has 0 radical (unpaired) electrons. The van der Waals surface area contributed by atoms with Crippen LogP contribution in [0.15, 0.2) is 72.8 Å². The number of aryl methyl sites for hydroxylation is 2. The third-order valence-corrected chi connectivity index (χ3v) is 5.05. The smallest absolute Gasteiger partial charge is 0.274 e. The van der Waals surface area contributed by atoms with Gasteiger partial charge in [0.1, 0.15) is 0 Å². The molecule has 0 unspecified atom stereocenters. The van der Waals surface area contributed by atoms with E-state index in [1.54, 1.807) is 25.1 Å². The number of fused-ring (bicyclic) bond motifs is 1. The van der Waals surface area contributed by atoms with Crippen molar-refractivity contribution in [3.8, 4) is 11.3 Å². The van der Waals surface area contributed by atoms with E-state index in [0.717, 1.165) is 11.1 Å². The number of benzene rings is 3. The van der Waals surface area contributed by atoms with Crippen molar-refractivity contribution < 1.29 is 9.72 Å². The molecule has 1 amide bonds. The van der Waals surface area contributed by atoms with Crippen LogP contribution in [-0.4, -0.2) is 15.8 Å². The van der Waals surface area contributed by atoms with Crippen molar-refractivity contribution in [2.45, 2.75) is 13.8 Å². The zero-order valence-electron chi connectivity index (χ0n) is 16.5. The standard InChI is InChI=1S/C24H19N3O3/c1-15-7-3-4-8-18(15)22-14-20(19-9-5-6-10-21(19)26-22)24(28)25-17-12-11-16(2)23(13-17)27(29)30/h3-14H,1-2H3,(H,25,28). The van der Waals surface area contributed by atoms with Gasteiger partial charge in [0.05, 0.1) is 21.7 Å². The maximum Gasteiger partial charge on any atom is 0.274 e. The number of para-hydroxylation sites is 1. The van der Waals surface area contributed by atoms with Gasteiger partial charge in [-0.2, -0.15) is 0 Å². The maximum atomic E-state index is 13.2. The molecule has 0 saturated carbocycles. The summed E-state index contributed by atoms with van der Waals surface area (Å²) in [6.45, 7) is 3.66. The van der Waals surface area contributed by atoms with Gasteiger partial charge in [-0.1, -0.05) is 48.5 Å². The molecule has 0 spiro atoms. The summed E-state index contributed by atoms with van der Waals surface area (Å²) in [5, 5.41) is 14.7. The monoisotopic (exact) mass is 397 g/mol. The lowest BCUT2D eigenvalue weighted by molar-refractivity contribution is -0.385. The van der Waals surface area contributed by atoms with E-state index in [0.29, 0.717) is 33.4 Å². The van der Waals surface area contributed by atoms with Crippen LogP contribution in [0.5, 0.6) is 0 Å². The number of carbonyl (C=O) groups is 1. The Labute approximate surface area is 173 Å². The molecule has 0 bridgehead atoms. The topological polar surface area (TPSA) is 85.1 Å². The van der Waals surface area contributed by atoms with Gasteiger partial charge in [-0.05, 0) is 37.6 Å². The first-order valence-corrected chi connectivity index (χ1v) is 9.46. The number of nitro benzene ring substituents is 1. The van der Waals surface area contributed by atoms with Gasteiger partial charge < -0.3 is 5.32 Å².